The van der Waals surface area contributed by atoms with E-state index >= 15 is 0 Å². The van der Waals surface area contributed by atoms with Gasteiger partial charge in [-0.2, -0.15) is 0 Å². The van der Waals surface area contributed by atoms with E-state index in [4.69, 9.17) is 0 Å². The average molecular weight is 460 g/mol. The molecule has 2 unspecified atom stereocenters. The van der Waals surface area contributed by atoms with Gasteiger partial charge in [0.15, 0.2) is 0 Å². The SMILES string of the molecule is O=C(Nc1ccc(F)cc1)N[C@H]1C/C=C\C[C@@H]2CC[C@@H](C(=O)NC3CC(=O)OC3O)N2C1=O. The van der Waals surface area contributed by atoms with E-state index in [1.165, 1.54) is 29.2 Å². The topological polar surface area (TPSA) is 137 Å². The van der Waals surface area contributed by atoms with Gasteiger partial charge < -0.3 is 30.7 Å². The van der Waals surface area contributed by atoms with Crippen LogP contribution in [-0.2, 0) is 19.1 Å². The predicted molar refractivity (Wildman–Crippen MR) is 113 cm³/mol. The first kappa shape index (κ1) is 22.7. The average Bonchev–Trinajstić information content (AvgIpc) is 3.32. The molecule has 2 fully saturated rings. The van der Waals surface area contributed by atoms with Crippen molar-refractivity contribution in [3.8, 4) is 0 Å². The Hall–Kier alpha value is -3.47. The lowest BCUT2D eigenvalue weighted by atomic mass is 10.0. The highest BCUT2D eigenvalue weighted by Gasteiger charge is 2.45. The molecule has 3 heterocycles. The fraction of sp³-hybridized carbons (Fsp3) is 0.455. The zero-order chi connectivity index (χ0) is 23.5. The maximum atomic E-state index is 13.4. The van der Waals surface area contributed by atoms with E-state index < -0.39 is 54.0 Å². The van der Waals surface area contributed by atoms with Crippen LogP contribution in [0.5, 0.6) is 0 Å². The maximum Gasteiger partial charge on any atom is 0.319 e. The minimum atomic E-state index is -1.42. The molecule has 4 amide bonds. The number of amides is 4. The summed E-state index contributed by atoms with van der Waals surface area (Å²) in [5.41, 5.74) is 0.367. The summed E-state index contributed by atoms with van der Waals surface area (Å²) in [4.78, 5) is 51.6. The molecule has 1 aromatic carbocycles. The number of hydrogen-bond acceptors (Lipinski definition) is 6. The summed E-state index contributed by atoms with van der Waals surface area (Å²) < 4.78 is 17.7. The molecule has 11 heteroatoms. The van der Waals surface area contributed by atoms with Crippen molar-refractivity contribution < 1.29 is 33.4 Å². The summed E-state index contributed by atoms with van der Waals surface area (Å²) in [6, 6.07) is 1.81. The third kappa shape index (κ3) is 5.14. The number of esters is 1. The van der Waals surface area contributed by atoms with E-state index in [2.05, 4.69) is 20.7 Å². The molecule has 0 aliphatic carbocycles. The number of ether oxygens (including phenoxy) is 1. The van der Waals surface area contributed by atoms with Gasteiger partial charge in [-0.25, -0.2) is 9.18 Å². The number of aliphatic hydroxyl groups is 1. The Morgan fingerprint density at radius 3 is 2.48 bits per heavy atom. The zero-order valence-electron chi connectivity index (χ0n) is 17.7. The zero-order valence-corrected chi connectivity index (χ0v) is 17.7. The third-order valence-corrected chi connectivity index (χ3v) is 6.02. The van der Waals surface area contributed by atoms with Crippen LogP contribution in [-0.4, -0.2) is 64.3 Å². The molecule has 1 aromatic rings. The van der Waals surface area contributed by atoms with E-state index in [0.717, 1.165) is 0 Å². The Morgan fingerprint density at radius 1 is 1.06 bits per heavy atom. The number of nitrogens with zero attached hydrogens (tertiary/aromatic N) is 1. The number of hydrogen-bond donors (Lipinski definition) is 4. The summed E-state index contributed by atoms with van der Waals surface area (Å²) in [5.74, 6) is -1.92. The minimum Gasteiger partial charge on any atom is -0.434 e. The molecule has 176 valence electrons. The Labute approximate surface area is 189 Å². The van der Waals surface area contributed by atoms with E-state index in [1.807, 2.05) is 12.2 Å². The lowest BCUT2D eigenvalue weighted by Crippen LogP contribution is -2.57. The number of carbonyl (C=O) groups is 4. The number of rotatable bonds is 4. The van der Waals surface area contributed by atoms with Crippen molar-refractivity contribution >= 4 is 29.5 Å². The number of carbonyl (C=O) groups excluding carboxylic acids is 4. The minimum absolute atomic E-state index is 0.145. The van der Waals surface area contributed by atoms with Gasteiger partial charge in [0.25, 0.3) is 0 Å². The third-order valence-electron chi connectivity index (χ3n) is 6.02. The summed E-state index contributed by atoms with van der Waals surface area (Å²) in [5, 5.41) is 17.6. The second-order valence-corrected chi connectivity index (χ2v) is 8.29. The quantitative estimate of drug-likeness (QED) is 0.387. The van der Waals surface area contributed by atoms with Crippen LogP contribution in [0.25, 0.3) is 0 Å². The summed E-state index contributed by atoms with van der Waals surface area (Å²) in [6.07, 6.45) is 4.03. The van der Waals surface area contributed by atoms with Gasteiger partial charge in [-0.05, 0) is 49.9 Å². The lowest BCUT2D eigenvalue weighted by molar-refractivity contribution is -0.155. The van der Waals surface area contributed by atoms with Crippen molar-refractivity contribution in [1.29, 1.82) is 0 Å². The molecule has 3 aliphatic heterocycles. The van der Waals surface area contributed by atoms with Crippen molar-refractivity contribution in [2.75, 3.05) is 5.32 Å². The van der Waals surface area contributed by atoms with Crippen molar-refractivity contribution in [2.45, 2.75) is 62.6 Å². The number of anilines is 1. The van der Waals surface area contributed by atoms with E-state index in [1.54, 1.807) is 0 Å². The van der Waals surface area contributed by atoms with Gasteiger partial charge in [0.05, 0.1) is 6.42 Å². The van der Waals surface area contributed by atoms with Gasteiger partial charge in [-0.3, -0.25) is 14.4 Å². The highest BCUT2D eigenvalue weighted by atomic mass is 19.1. The first-order valence-corrected chi connectivity index (χ1v) is 10.8. The second-order valence-electron chi connectivity index (χ2n) is 8.29. The Morgan fingerprint density at radius 2 is 1.79 bits per heavy atom. The first-order chi connectivity index (χ1) is 15.8. The van der Waals surface area contributed by atoms with Gasteiger partial charge in [0.2, 0.25) is 18.1 Å². The van der Waals surface area contributed by atoms with Crippen LogP contribution in [0.3, 0.4) is 0 Å². The van der Waals surface area contributed by atoms with E-state index in [9.17, 15) is 28.7 Å². The first-order valence-electron chi connectivity index (χ1n) is 10.8. The predicted octanol–water partition coefficient (Wildman–Crippen LogP) is 0.775. The van der Waals surface area contributed by atoms with Gasteiger partial charge in [-0.15, -0.1) is 0 Å². The van der Waals surface area contributed by atoms with Gasteiger partial charge in [-0.1, -0.05) is 12.2 Å². The molecule has 4 rings (SSSR count). The largest absolute Gasteiger partial charge is 0.434 e. The van der Waals surface area contributed by atoms with Gasteiger partial charge >= 0.3 is 12.0 Å². The molecule has 0 aromatic heterocycles. The molecule has 4 N–H and O–H groups in total. The number of urea groups is 1. The van der Waals surface area contributed by atoms with Crippen LogP contribution in [0, 0.1) is 5.82 Å². The summed E-state index contributed by atoms with van der Waals surface area (Å²) >= 11 is 0. The standard InChI is InChI=1S/C22H25FN4O6/c23-12-5-7-13(8-6-12)24-22(32)26-15-4-2-1-3-14-9-10-17(27(14)20(15)30)19(29)25-16-11-18(28)33-21(16)31/h1-2,5-8,14-17,21,31H,3-4,9-11H2,(H,25,29)(H2,24,26,32)/b2-1-/t14-,15+,16?,17+,21?/m1/s1. The van der Waals surface area contributed by atoms with Crippen LogP contribution >= 0.6 is 0 Å². The monoisotopic (exact) mass is 460 g/mol. The van der Waals surface area contributed by atoms with Gasteiger partial charge in [0, 0.05) is 11.7 Å². The van der Waals surface area contributed by atoms with Crippen molar-refractivity contribution in [1.82, 2.24) is 15.5 Å². The lowest BCUT2D eigenvalue weighted by Gasteiger charge is -2.34. The summed E-state index contributed by atoms with van der Waals surface area (Å²) in [7, 11) is 0. The molecule has 2 saturated heterocycles. The van der Waals surface area contributed by atoms with Crippen molar-refractivity contribution in [3.63, 3.8) is 0 Å². The molecule has 3 aliphatic rings. The second kappa shape index (κ2) is 9.57. The highest BCUT2D eigenvalue weighted by molar-refractivity contribution is 5.96. The van der Waals surface area contributed by atoms with E-state index in [0.29, 0.717) is 24.9 Å². The Balaban J connectivity index is 1.44. The molecule has 10 nitrogen and oxygen atoms in total. The molecule has 0 radical (unpaired) electrons. The Kier molecular flexibility index (Phi) is 6.59. The molecular weight excluding hydrogens is 435 g/mol. The fourth-order valence-electron chi connectivity index (χ4n) is 4.40. The molecule has 5 atom stereocenters. The van der Waals surface area contributed by atoms with Crippen molar-refractivity contribution in [2.24, 2.45) is 0 Å². The Bertz CT molecular complexity index is 968. The number of halogens is 1. The number of nitrogens with one attached hydrogen (secondary N) is 3. The van der Waals surface area contributed by atoms with Gasteiger partial charge in [0.1, 0.15) is 23.9 Å². The number of aliphatic hydroxyl groups excluding tert-OH is 1. The van der Waals surface area contributed by atoms with Crippen LogP contribution in [0.2, 0.25) is 0 Å². The smallest absolute Gasteiger partial charge is 0.319 e. The van der Waals surface area contributed by atoms with E-state index in [-0.39, 0.29) is 18.9 Å². The molecule has 0 spiro atoms. The summed E-state index contributed by atoms with van der Waals surface area (Å²) in [6.45, 7) is 0. The van der Waals surface area contributed by atoms with Crippen LogP contribution < -0.4 is 16.0 Å². The van der Waals surface area contributed by atoms with Crippen LogP contribution in [0.4, 0.5) is 14.9 Å². The van der Waals surface area contributed by atoms with Crippen LogP contribution in [0.1, 0.15) is 32.1 Å². The fourth-order valence-corrected chi connectivity index (χ4v) is 4.40. The normalized spacial score (nSPS) is 30.0. The molecule has 0 bridgehead atoms. The highest BCUT2D eigenvalue weighted by Crippen LogP contribution is 2.30. The van der Waals surface area contributed by atoms with Crippen LogP contribution in [0.15, 0.2) is 36.4 Å². The number of fused-ring (bicyclic) bond motifs is 1. The number of benzene rings is 1. The molecule has 0 saturated carbocycles. The molecular formula is C22H25FN4O6. The maximum absolute atomic E-state index is 13.4. The van der Waals surface area contributed by atoms with Crippen molar-refractivity contribution in [3.05, 3.63) is 42.2 Å². The molecule has 33 heavy (non-hydrogen) atoms. The number of cyclic esters (lactones) is 1.